The molecule has 26 heavy (non-hydrogen) atoms. The number of methoxy groups -OCH3 is 2. The molecule has 146 valence electrons. The summed E-state index contributed by atoms with van der Waals surface area (Å²) in [7, 11) is 3.19. The first-order chi connectivity index (χ1) is 12.1. The van der Waals surface area contributed by atoms with E-state index in [4.69, 9.17) is 9.47 Å². The second kappa shape index (κ2) is 9.44. The summed E-state index contributed by atoms with van der Waals surface area (Å²) in [6.07, 6.45) is 3.00. The van der Waals surface area contributed by atoms with E-state index in [0.29, 0.717) is 36.9 Å². The van der Waals surface area contributed by atoms with E-state index in [9.17, 15) is 9.90 Å². The molecule has 0 saturated carbocycles. The molecule has 6 nitrogen and oxygen atoms in total. The number of hydrogen-bond donors (Lipinski definition) is 2. The summed E-state index contributed by atoms with van der Waals surface area (Å²) in [6.45, 7) is 2.86. The van der Waals surface area contributed by atoms with Crippen LogP contribution in [-0.2, 0) is 11.3 Å². The zero-order valence-electron chi connectivity index (χ0n) is 15.5. The van der Waals surface area contributed by atoms with Gasteiger partial charge in [-0.25, -0.2) is 0 Å². The predicted octanol–water partition coefficient (Wildman–Crippen LogP) is 2.28. The van der Waals surface area contributed by atoms with Crippen LogP contribution in [0.2, 0.25) is 0 Å². The Hall–Kier alpha value is -1.50. The van der Waals surface area contributed by atoms with Crippen molar-refractivity contribution in [2.75, 3.05) is 33.9 Å². The number of piperidine rings is 1. The lowest BCUT2D eigenvalue weighted by Crippen LogP contribution is -2.39. The SMILES string of the molecule is COc1ccc(OC)c2c1CN(C(=O)CCC1CCNCC1)CC2O.Cl. The fourth-order valence-electron chi connectivity index (χ4n) is 3.92. The van der Waals surface area contributed by atoms with Gasteiger partial charge in [-0.05, 0) is 50.4 Å². The molecule has 0 spiro atoms. The number of carbonyl (C=O) groups excluding carboxylic acids is 1. The van der Waals surface area contributed by atoms with Gasteiger partial charge in [-0.3, -0.25) is 4.79 Å². The fraction of sp³-hybridized carbons (Fsp3) is 0.632. The van der Waals surface area contributed by atoms with Gasteiger partial charge in [0.15, 0.2) is 0 Å². The summed E-state index contributed by atoms with van der Waals surface area (Å²) in [5.74, 6) is 2.06. The molecule has 2 N–H and O–H groups in total. The Labute approximate surface area is 161 Å². The molecular formula is C19H29ClN2O4. The lowest BCUT2D eigenvalue weighted by atomic mass is 9.92. The van der Waals surface area contributed by atoms with Crippen LogP contribution in [0.25, 0.3) is 0 Å². The Morgan fingerprint density at radius 1 is 1.23 bits per heavy atom. The third-order valence-corrected chi connectivity index (χ3v) is 5.37. The molecule has 0 radical (unpaired) electrons. The van der Waals surface area contributed by atoms with Crippen molar-refractivity contribution in [3.63, 3.8) is 0 Å². The van der Waals surface area contributed by atoms with E-state index in [0.717, 1.165) is 43.5 Å². The van der Waals surface area contributed by atoms with Crippen molar-refractivity contribution in [3.05, 3.63) is 23.3 Å². The first-order valence-electron chi connectivity index (χ1n) is 9.04. The Bertz CT molecular complexity index is 620. The van der Waals surface area contributed by atoms with Crippen molar-refractivity contribution in [2.24, 2.45) is 5.92 Å². The minimum atomic E-state index is -0.753. The Morgan fingerprint density at radius 3 is 2.54 bits per heavy atom. The molecule has 1 fully saturated rings. The highest BCUT2D eigenvalue weighted by molar-refractivity contribution is 5.85. The Kier molecular flexibility index (Phi) is 7.55. The quantitative estimate of drug-likeness (QED) is 0.815. The van der Waals surface area contributed by atoms with E-state index in [1.54, 1.807) is 25.2 Å². The van der Waals surface area contributed by atoms with Gasteiger partial charge in [0.2, 0.25) is 5.91 Å². The van der Waals surface area contributed by atoms with Gasteiger partial charge in [0, 0.05) is 24.1 Å². The number of aliphatic hydroxyl groups excluding tert-OH is 1. The summed E-state index contributed by atoms with van der Waals surface area (Å²) in [5, 5.41) is 13.9. The van der Waals surface area contributed by atoms with E-state index < -0.39 is 6.10 Å². The smallest absolute Gasteiger partial charge is 0.222 e. The van der Waals surface area contributed by atoms with Gasteiger partial charge >= 0.3 is 0 Å². The lowest BCUT2D eigenvalue weighted by molar-refractivity contribution is -0.134. The van der Waals surface area contributed by atoms with Crippen molar-refractivity contribution in [1.82, 2.24) is 10.2 Å². The molecular weight excluding hydrogens is 356 g/mol. The van der Waals surface area contributed by atoms with E-state index >= 15 is 0 Å². The van der Waals surface area contributed by atoms with Gasteiger partial charge in [-0.2, -0.15) is 0 Å². The number of nitrogens with one attached hydrogen (secondary N) is 1. The van der Waals surface area contributed by atoms with Gasteiger partial charge in [-0.15, -0.1) is 12.4 Å². The minimum Gasteiger partial charge on any atom is -0.496 e. The molecule has 1 amide bonds. The third-order valence-electron chi connectivity index (χ3n) is 5.37. The molecule has 7 heteroatoms. The van der Waals surface area contributed by atoms with Gasteiger partial charge in [-0.1, -0.05) is 0 Å². The highest BCUT2D eigenvalue weighted by Crippen LogP contribution is 2.39. The molecule has 3 rings (SSSR count). The zero-order chi connectivity index (χ0) is 17.8. The number of β-amino-alcohol motifs (C(OH)–C–C–N with tert-alkyl or cyclic N) is 1. The van der Waals surface area contributed by atoms with Gasteiger partial charge in [0.25, 0.3) is 0 Å². The molecule has 1 unspecified atom stereocenters. The van der Waals surface area contributed by atoms with Crippen LogP contribution in [0.5, 0.6) is 11.5 Å². The fourth-order valence-corrected chi connectivity index (χ4v) is 3.92. The van der Waals surface area contributed by atoms with Crippen molar-refractivity contribution in [3.8, 4) is 11.5 Å². The average Bonchev–Trinajstić information content (AvgIpc) is 2.65. The standard InChI is InChI=1S/C19H28N2O4.ClH/c1-24-16-4-5-17(25-2)19-14(16)11-21(12-15(19)22)18(23)6-3-13-7-9-20-10-8-13;/h4-5,13,15,20,22H,3,6-12H2,1-2H3;1H. The molecule has 0 aromatic heterocycles. The van der Waals surface area contributed by atoms with Crippen molar-refractivity contribution in [1.29, 1.82) is 0 Å². The summed E-state index contributed by atoms with van der Waals surface area (Å²) in [5.41, 5.74) is 1.58. The van der Waals surface area contributed by atoms with Crippen LogP contribution in [-0.4, -0.2) is 49.8 Å². The number of halogens is 1. The molecule has 1 aromatic carbocycles. The number of ether oxygens (including phenoxy) is 2. The van der Waals surface area contributed by atoms with Crippen LogP contribution in [0.3, 0.4) is 0 Å². The van der Waals surface area contributed by atoms with Crippen molar-refractivity contribution in [2.45, 2.75) is 38.3 Å². The summed E-state index contributed by atoms with van der Waals surface area (Å²) in [6, 6.07) is 3.63. The van der Waals surface area contributed by atoms with Crippen LogP contribution in [0.1, 0.15) is 42.9 Å². The number of aliphatic hydroxyl groups is 1. The molecule has 1 atom stereocenters. The monoisotopic (exact) mass is 384 g/mol. The normalized spacial score (nSPS) is 20.1. The highest BCUT2D eigenvalue weighted by Gasteiger charge is 2.32. The maximum absolute atomic E-state index is 12.7. The molecule has 0 aliphatic carbocycles. The highest BCUT2D eigenvalue weighted by atomic mass is 35.5. The largest absolute Gasteiger partial charge is 0.496 e. The topological polar surface area (TPSA) is 71.0 Å². The summed E-state index contributed by atoms with van der Waals surface area (Å²) < 4.78 is 10.8. The van der Waals surface area contributed by atoms with Gasteiger partial charge in [0.05, 0.1) is 20.8 Å². The van der Waals surface area contributed by atoms with E-state index in [1.165, 1.54) is 0 Å². The van der Waals surface area contributed by atoms with Crippen LogP contribution in [0.15, 0.2) is 12.1 Å². The van der Waals surface area contributed by atoms with Crippen molar-refractivity contribution < 1.29 is 19.4 Å². The average molecular weight is 385 g/mol. The number of carbonyl (C=O) groups is 1. The number of nitrogens with zero attached hydrogens (tertiary/aromatic N) is 1. The molecule has 2 aliphatic heterocycles. The van der Waals surface area contributed by atoms with Gasteiger partial charge < -0.3 is 24.8 Å². The number of hydrogen-bond acceptors (Lipinski definition) is 5. The number of fused-ring (bicyclic) bond motifs is 1. The second-order valence-electron chi connectivity index (χ2n) is 6.88. The van der Waals surface area contributed by atoms with Crippen LogP contribution < -0.4 is 14.8 Å². The van der Waals surface area contributed by atoms with Crippen LogP contribution in [0.4, 0.5) is 0 Å². The molecule has 2 heterocycles. The van der Waals surface area contributed by atoms with Gasteiger partial charge in [0.1, 0.15) is 17.6 Å². The summed E-state index contributed by atoms with van der Waals surface area (Å²) >= 11 is 0. The van der Waals surface area contributed by atoms with Crippen LogP contribution >= 0.6 is 12.4 Å². The first-order valence-corrected chi connectivity index (χ1v) is 9.04. The van der Waals surface area contributed by atoms with E-state index in [-0.39, 0.29) is 18.3 Å². The molecule has 1 saturated heterocycles. The predicted molar refractivity (Wildman–Crippen MR) is 102 cm³/mol. The number of amides is 1. The first kappa shape index (κ1) is 20.8. The maximum Gasteiger partial charge on any atom is 0.222 e. The Morgan fingerprint density at radius 2 is 1.88 bits per heavy atom. The van der Waals surface area contributed by atoms with E-state index in [2.05, 4.69) is 5.32 Å². The summed E-state index contributed by atoms with van der Waals surface area (Å²) in [4.78, 5) is 14.4. The molecule has 0 bridgehead atoms. The zero-order valence-corrected chi connectivity index (χ0v) is 16.3. The van der Waals surface area contributed by atoms with Crippen molar-refractivity contribution >= 4 is 18.3 Å². The van der Waals surface area contributed by atoms with E-state index in [1.807, 2.05) is 6.07 Å². The number of benzene rings is 1. The maximum atomic E-state index is 12.7. The minimum absolute atomic E-state index is 0. The second-order valence-corrected chi connectivity index (χ2v) is 6.88. The lowest BCUT2D eigenvalue weighted by Gasteiger charge is -2.34. The van der Waals surface area contributed by atoms with Crippen LogP contribution in [0, 0.1) is 5.92 Å². The Balaban J connectivity index is 0.00000243. The molecule has 1 aromatic rings. The number of rotatable bonds is 5. The molecule has 2 aliphatic rings. The third kappa shape index (κ3) is 4.42.